The molecule has 0 saturated carbocycles. The Bertz CT molecular complexity index is 773. The number of rotatable bonds is 3. The molecule has 0 aromatic carbocycles. The van der Waals surface area contributed by atoms with E-state index in [-0.39, 0.29) is 12.6 Å². The summed E-state index contributed by atoms with van der Waals surface area (Å²) < 4.78 is 14.0. The maximum Gasteiger partial charge on any atom is 0.408 e. The predicted molar refractivity (Wildman–Crippen MR) is 90.3 cm³/mol. The van der Waals surface area contributed by atoms with Crippen LogP contribution in [0.15, 0.2) is 35.2 Å². The van der Waals surface area contributed by atoms with Gasteiger partial charge in [0.25, 0.3) is 0 Å². The number of nitrogens with zero attached hydrogens (tertiary/aromatic N) is 4. The molecule has 2 aromatic rings. The van der Waals surface area contributed by atoms with Crippen LogP contribution in [0.2, 0.25) is 0 Å². The molecule has 0 saturated heterocycles. The maximum atomic E-state index is 13.3. The zero-order chi connectivity index (χ0) is 17.3. The number of carboxylic acid groups (broad SMARTS) is 1. The minimum absolute atomic E-state index is 0.0734. The number of amides is 1. The summed E-state index contributed by atoms with van der Waals surface area (Å²) in [6.45, 7) is 0.760. The number of carbonyl (C=O) groups is 1. The van der Waals surface area contributed by atoms with Crippen LogP contribution in [0.1, 0.15) is 23.6 Å². The normalized spacial score (nSPS) is 16.6. The number of hydrogen-bond donors (Lipinski definition) is 1. The van der Waals surface area contributed by atoms with Gasteiger partial charge >= 0.3 is 6.09 Å². The summed E-state index contributed by atoms with van der Waals surface area (Å²) >= 11 is 3.35. The quantitative estimate of drug-likeness (QED) is 0.807. The number of fused-ring (bicyclic) bond motifs is 1. The molecule has 1 N–H and O–H groups in total. The Labute approximate surface area is 147 Å². The molecule has 2 aromatic heterocycles. The van der Waals surface area contributed by atoms with Crippen LogP contribution in [0.25, 0.3) is 0 Å². The summed E-state index contributed by atoms with van der Waals surface area (Å²) in [5.74, 6) is 0.274. The Balaban J connectivity index is 1.95. The van der Waals surface area contributed by atoms with E-state index in [9.17, 15) is 14.3 Å². The molecule has 3 heterocycles. The van der Waals surface area contributed by atoms with E-state index in [1.165, 1.54) is 17.2 Å². The summed E-state index contributed by atoms with van der Waals surface area (Å²) in [5, 5.41) is 9.67. The second-order valence-electron chi connectivity index (χ2n) is 5.69. The maximum absolute atomic E-state index is 13.3. The van der Waals surface area contributed by atoms with Gasteiger partial charge in [-0.2, -0.15) is 0 Å². The minimum atomic E-state index is -1.05. The second-order valence-corrected chi connectivity index (χ2v) is 6.51. The van der Waals surface area contributed by atoms with Crippen LogP contribution in [-0.2, 0) is 6.54 Å². The molecule has 1 unspecified atom stereocenters. The molecule has 24 heavy (non-hydrogen) atoms. The van der Waals surface area contributed by atoms with E-state index in [2.05, 4.69) is 25.9 Å². The van der Waals surface area contributed by atoms with E-state index in [0.717, 1.165) is 17.6 Å². The van der Waals surface area contributed by atoms with E-state index in [1.54, 1.807) is 6.07 Å². The summed E-state index contributed by atoms with van der Waals surface area (Å²) in [7, 11) is 1.93. The van der Waals surface area contributed by atoms with Crippen molar-refractivity contribution in [1.82, 2.24) is 14.9 Å². The molecule has 126 valence electrons. The van der Waals surface area contributed by atoms with Crippen molar-refractivity contribution >= 4 is 27.8 Å². The zero-order valence-corrected chi connectivity index (χ0v) is 14.6. The highest BCUT2D eigenvalue weighted by Crippen LogP contribution is 2.37. The van der Waals surface area contributed by atoms with Gasteiger partial charge in [0.2, 0.25) is 0 Å². The van der Waals surface area contributed by atoms with Crippen molar-refractivity contribution in [2.45, 2.75) is 19.0 Å². The number of anilines is 1. The Morgan fingerprint density at radius 2 is 2.29 bits per heavy atom. The van der Waals surface area contributed by atoms with Crippen LogP contribution < -0.4 is 4.90 Å². The topological polar surface area (TPSA) is 69.6 Å². The summed E-state index contributed by atoms with van der Waals surface area (Å²) in [5.41, 5.74) is 1.36. The first-order chi connectivity index (χ1) is 11.5. The Kier molecular flexibility index (Phi) is 4.66. The van der Waals surface area contributed by atoms with E-state index in [4.69, 9.17) is 0 Å². The first kappa shape index (κ1) is 16.6. The van der Waals surface area contributed by atoms with Crippen molar-refractivity contribution in [1.29, 1.82) is 0 Å². The third-order valence-electron chi connectivity index (χ3n) is 4.07. The minimum Gasteiger partial charge on any atom is -0.465 e. The lowest BCUT2D eigenvalue weighted by atomic mass is 9.98. The summed E-state index contributed by atoms with van der Waals surface area (Å²) in [6, 6.07) is 4.65. The fraction of sp³-hybridized carbons (Fsp3) is 0.312. The van der Waals surface area contributed by atoms with Crippen LogP contribution in [-0.4, -0.2) is 39.7 Å². The second kappa shape index (κ2) is 6.72. The first-order valence-corrected chi connectivity index (χ1v) is 8.21. The average molecular weight is 395 g/mol. The monoisotopic (exact) mass is 394 g/mol. The smallest absolute Gasteiger partial charge is 0.408 e. The van der Waals surface area contributed by atoms with Crippen molar-refractivity contribution in [2.75, 3.05) is 18.5 Å². The Hall–Kier alpha value is -2.22. The van der Waals surface area contributed by atoms with E-state index >= 15 is 0 Å². The van der Waals surface area contributed by atoms with Gasteiger partial charge in [-0.25, -0.2) is 14.2 Å². The standard InChI is InChI=1S/C16H16BrFN4O2/c1-21-5-4-13(12-2-3-14(17)20-15(12)21)22(16(23)24)9-10-6-11(18)8-19-7-10/h2-3,6-8,13H,4-5,9H2,1H3,(H,23,24). The van der Waals surface area contributed by atoms with Gasteiger partial charge in [0.1, 0.15) is 16.2 Å². The van der Waals surface area contributed by atoms with Crippen molar-refractivity contribution in [2.24, 2.45) is 0 Å². The van der Waals surface area contributed by atoms with Crippen molar-refractivity contribution in [3.05, 3.63) is 52.1 Å². The van der Waals surface area contributed by atoms with Gasteiger partial charge in [-0.1, -0.05) is 6.07 Å². The van der Waals surface area contributed by atoms with Gasteiger partial charge in [-0.3, -0.25) is 9.88 Å². The highest BCUT2D eigenvalue weighted by Gasteiger charge is 2.32. The van der Waals surface area contributed by atoms with Crippen LogP contribution in [0, 0.1) is 5.82 Å². The zero-order valence-electron chi connectivity index (χ0n) is 13.0. The van der Waals surface area contributed by atoms with Crippen LogP contribution in [0.5, 0.6) is 0 Å². The van der Waals surface area contributed by atoms with E-state index in [0.29, 0.717) is 23.1 Å². The lowest BCUT2D eigenvalue weighted by Gasteiger charge is -2.37. The molecule has 1 amide bonds. The largest absolute Gasteiger partial charge is 0.465 e. The molecule has 1 atom stereocenters. The van der Waals surface area contributed by atoms with Gasteiger partial charge in [0.15, 0.2) is 0 Å². The van der Waals surface area contributed by atoms with Gasteiger partial charge in [-0.15, -0.1) is 0 Å². The number of pyridine rings is 2. The van der Waals surface area contributed by atoms with Crippen LogP contribution in [0.4, 0.5) is 15.0 Å². The number of hydrogen-bond acceptors (Lipinski definition) is 4. The molecule has 0 radical (unpaired) electrons. The third-order valence-corrected chi connectivity index (χ3v) is 4.51. The molecule has 3 rings (SSSR count). The molecule has 1 aliphatic heterocycles. The molecule has 0 bridgehead atoms. The lowest BCUT2D eigenvalue weighted by Crippen LogP contribution is -2.39. The average Bonchev–Trinajstić information content (AvgIpc) is 2.54. The molecule has 1 aliphatic rings. The van der Waals surface area contributed by atoms with E-state index < -0.39 is 11.9 Å². The molecule has 8 heteroatoms. The molecule has 0 spiro atoms. The SMILES string of the molecule is CN1CCC(N(Cc2cncc(F)c2)C(=O)O)c2ccc(Br)nc21. The van der Waals surface area contributed by atoms with Crippen molar-refractivity contribution in [3.63, 3.8) is 0 Å². The van der Waals surface area contributed by atoms with Gasteiger partial charge in [-0.05, 0) is 40.0 Å². The Morgan fingerprint density at radius 1 is 1.50 bits per heavy atom. The Morgan fingerprint density at radius 3 is 3.00 bits per heavy atom. The lowest BCUT2D eigenvalue weighted by molar-refractivity contribution is 0.116. The third kappa shape index (κ3) is 3.33. The molecular weight excluding hydrogens is 379 g/mol. The van der Waals surface area contributed by atoms with Gasteiger partial charge in [0.05, 0.1) is 18.8 Å². The fourth-order valence-electron chi connectivity index (χ4n) is 2.95. The molecule has 0 aliphatic carbocycles. The molecule has 6 nitrogen and oxygen atoms in total. The number of aromatic nitrogens is 2. The first-order valence-electron chi connectivity index (χ1n) is 7.42. The van der Waals surface area contributed by atoms with Crippen molar-refractivity contribution < 1.29 is 14.3 Å². The van der Waals surface area contributed by atoms with Crippen LogP contribution in [0.3, 0.4) is 0 Å². The van der Waals surface area contributed by atoms with Crippen LogP contribution >= 0.6 is 15.9 Å². The predicted octanol–water partition coefficient (Wildman–Crippen LogP) is 3.44. The molecule has 0 fully saturated rings. The van der Waals surface area contributed by atoms with Gasteiger partial charge in [0, 0.05) is 25.4 Å². The van der Waals surface area contributed by atoms with Gasteiger partial charge < -0.3 is 10.0 Å². The highest BCUT2D eigenvalue weighted by molar-refractivity contribution is 9.10. The highest BCUT2D eigenvalue weighted by atomic mass is 79.9. The fourth-order valence-corrected chi connectivity index (χ4v) is 3.25. The van der Waals surface area contributed by atoms with E-state index in [1.807, 2.05) is 18.0 Å². The molecular formula is C16H16BrFN4O2. The summed E-state index contributed by atoms with van der Waals surface area (Å²) in [4.78, 5) is 23.4. The van der Waals surface area contributed by atoms with Crippen molar-refractivity contribution in [3.8, 4) is 0 Å². The number of halogens is 2. The summed E-state index contributed by atoms with van der Waals surface area (Å²) in [6.07, 6.45) is 2.17.